The molecule has 1 aromatic heterocycles. The Morgan fingerprint density at radius 1 is 1.29 bits per heavy atom. The van der Waals surface area contributed by atoms with Crippen LogP contribution < -0.4 is 4.90 Å². The number of aliphatic hydroxyl groups excluding tert-OH is 1. The van der Waals surface area contributed by atoms with E-state index in [4.69, 9.17) is 0 Å². The van der Waals surface area contributed by atoms with Gasteiger partial charge in [-0.15, -0.1) is 0 Å². The number of carbonyl (C=O) groups is 1. The molecule has 1 saturated heterocycles. The molecule has 2 N–H and O–H groups in total. The largest absolute Gasteiger partial charge is 0.478 e. The van der Waals surface area contributed by atoms with Gasteiger partial charge in [0.25, 0.3) is 0 Å². The first-order chi connectivity index (χ1) is 10.2. The van der Waals surface area contributed by atoms with Crippen LogP contribution in [0.4, 0.5) is 5.82 Å². The van der Waals surface area contributed by atoms with E-state index in [0.717, 1.165) is 31.6 Å². The maximum atomic E-state index is 11.2. The number of benzene rings is 1. The highest BCUT2D eigenvalue weighted by Gasteiger charge is 2.23. The van der Waals surface area contributed by atoms with Crippen molar-refractivity contribution in [3.8, 4) is 0 Å². The fourth-order valence-electron chi connectivity index (χ4n) is 2.98. The van der Waals surface area contributed by atoms with Crippen LogP contribution in [0.25, 0.3) is 10.9 Å². The second-order valence-corrected chi connectivity index (χ2v) is 5.37. The van der Waals surface area contributed by atoms with Gasteiger partial charge in [-0.2, -0.15) is 0 Å². The van der Waals surface area contributed by atoms with Gasteiger partial charge in [-0.1, -0.05) is 6.07 Å². The Hall–Kier alpha value is -2.14. The molecular weight excluding hydrogens is 268 g/mol. The quantitative estimate of drug-likeness (QED) is 0.905. The Bertz CT molecular complexity index is 672. The molecular formula is C16H18N2O3. The predicted octanol–water partition coefficient (Wildman–Crippen LogP) is 2.28. The second-order valence-electron chi connectivity index (χ2n) is 5.37. The lowest BCUT2D eigenvalue weighted by atomic mass is 10.0. The van der Waals surface area contributed by atoms with Crippen LogP contribution in [-0.4, -0.2) is 40.4 Å². The Morgan fingerprint density at radius 2 is 2.14 bits per heavy atom. The summed E-state index contributed by atoms with van der Waals surface area (Å²) in [5, 5.41) is 19.4. The second kappa shape index (κ2) is 5.69. The van der Waals surface area contributed by atoms with E-state index in [1.54, 1.807) is 12.1 Å². The van der Waals surface area contributed by atoms with Crippen molar-refractivity contribution in [1.29, 1.82) is 0 Å². The van der Waals surface area contributed by atoms with Crippen LogP contribution in [0.3, 0.4) is 0 Å². The van der Waals surface area contributed by atoms with Gasteiger partial charge in [0.05, 0.1) is 23.7 Å². The third-order valence-corrected chi connectivity index (χ3v) is 4.08. The summed E-state index contributed by atoms with van der Waals surface area (Å²) in [4.78, 5) is 17.9. The van der Waals surface area contributed by atoms with Crippen molar-refractivity contribution < 1.29 is 15.0 Å². The van der Waals surface area contributed by atoms with E-state index in [9.17, 15) is 15.0 Å². The number of nitrogens with zero attached hydrogens (tertiary/aromatic N) is 2. The Balaban J connectivity index is 2.03. The summed E-state index contributed by atoms with van der Waals surface area (Å²) in [6.45, 7) is 0.997. The van der Waals surface area contributed by atoms with Crippen molar-refractivity contribution in [2.45, 2.75) is 25.3 Å². The fourth-order valence-corrected chi connectivity index (χ4v) is 2.98. The first-order valence-corrected chi connectivity index (χ1v) is 7.21. The molecule has 0 aliphatic carbocycles. The summed E-state index contributed by atoms with van der Waals surface area (Å²) in [6, 6.07) is 8.88. The average molecular weight is 286 g/mol. The minimum Gasteiger partial charge on any atom is -0.478 e. The van der Waals surface area contributed by atoms with Crippen molar-refractivity contribution in [1.82, 2.24) is 4.98 Å². The number of aromatic carboxylic acids is 1. The molecule has 0 radical (unpaired) electrons. The molecule has 3 rings (SSSR count). The van der Waals surface area contributed by atoms with Crippen LogP contribution in [0.1, 0.15) is 29.6 Å². The molecule has 0 amide bonds. The smallest absolute Gasteiger partial charge is 0.336 e. The van der Waals surface area contributed by atoms with E-state index < -0.39 is 5.97 Å². The summed E-state index contributed by atoms with van der Waals surface area (Å²) in [6.07, 6.45) is 3.18. The third-order valence-electron chi connectivity index (χ3n) is 4.08. The number of piperidine rings is 1. The number of carboxylic acid groups (broad SMARTS) is 1. The van der Waals surface area contributed by atoms with Crippen LogP contribution >= 0.6 is 0 Å². The molecule has 1 unspecified atom stereocenters. The maximum absolute atomic E-state index is 11.2. The number of aliphatic hydroxyl groups is 1. The normalized spacial score (nSPS) is 18.9. The molecule has 110 valence electrons. The zero-order chi connectivity index (χ0) is 14.8. The summed E-state index contributed by atoms with van der Waals surface area (Å²) in [5.74, 6) is -0.134. The molecule has 21 heavy (non-hydrogen) atoms. The predicted molar refractivity (Wildman–Crippen MR) is 80.8 cm³/mol. The number of aromatic nitrogens is 1. The molecule has 0 bridgehead atoms. The van der Waals surface area contributed by atoms with Gasteiger partial charge in [0, 0.05) is 11.9 Å². The average Bonchev–Trinajstić information content (AvgIpc) is 2.53. The third kappa shape index (κ3) is 2.56. The van der Waals surface area contributed by atoms with Crippen molar-refractivity contribution in [3.63, 3.8) is 0 Å². The zero-order valence-electron chi connectivity index (χ0n) is 11.7. The monoisotopic (exact) mass is 286 g/mol. The van der Waals surface area contributed by atoms with Crippen LogP contribution in [0, 0.1) is 0 Å². The summed E-state index contributed by atoms with van der Waals surface area (Å²) in [5.41, 5.74) is 0.943. The van der Waals surface area contributed by atoms with Crippen LogP contribution in [-0.2, 0) is 0 Å². The minimum atomic E-state index is -0.943. The molecule has 2 aromatic rings. The number of rotatable bonds is 3. The SMILES string of the molecule is O=C(O)c1cccc2nc(N3CCCCC3CO)ccc12. The highest BCUT2D eigenvalue weighted by molar-refractivity contribution is 6.02. The van der Waals surface area contributed by atoms with Crippen LogP contribution in [0.2, 0.25) is 0 Å². The van der Waals surface area contributed by atoms with Crippen molar-refractivity contribution in [2.75, 3.05) is 18.1 Å². The topological polar surface area (TPSA) is 73.7 Å². The molecule has 1 atom stereocenters. The molecule has 1 fully saturated rings. The van der Waals surface area contributed by atoms with Crippen LogP contribution in [0.15, 0.2) is 30.3 Å². The number of hydrogen-bond acceptors (Lipinski definition) is 4. The number of fused-ring (bicyclic) bond motifs is 1. The molecule has 0 saturated carbocycles. The van der Waals surface area contributed by atoms with Gasteiger partial charge in [0.2, 0.25) is 0 Å². The van der Waals surface area contributed by atoms with E-state index in [2.05, 4.69) is 9.88 Å². The molecule has 5 heteroatoms. The lowest BCUT2D eigenvalue weighted by molar-refractivity contribution is 0.0699. The Kier molecular flexibility index (Phi) is 3.75. The van der Waals surface area contributed by atoms with Gasteiger partial charge in [-0.05, 0) is 43.5 Å². The fraction of sp³-hybridized carbons (Fsp3) is 0.375. The summed E-state index contributed by atoms with van der Waals surface area (Å²) >= 11 is 0. The van der Waals surface area contributed by atoms with Gasteiger partial charge in [0.15, 0.2) is 0 Å². The molecule has 5 nitrogen and oxygen atoms in total. The van der Waals surface area contributed by atoms with E-state index in [1.165, 1.54) is 0 Å². The number of pyridine rings is 1. The summed E-state index contributed by atoms with van der Waals surface area (Å²) < 4.78 is 0. The lowest BCUT2D eigenvalue weighted by Gasteiger charge is -2.35. The molecule has 0 spiro atoms. The molecule has 1 aromatic carbocycles. The molecule has 1 aliphatic rings. The molecule has 2 heterocycles. The van der Waals surface area contributed by atoms with Gasteiger partial charge in [0.1, 0.15) is 5.82 Å². The number of carboxylic acids is 1. The minimum absolute atomic E-state index is 0.103. The maximum Gasteiger partial charge on any atom is 0.336 e. The number of hydrogen-bond donors (Lipinski definition) is 2. The standard InChI is InChI=1S/C16H18N2O3/c19-10-11-4-1-2-9-18(11)15-8-7-12-13(16(20)21)5-3-6-14(12)17-15/h3,5-8,11,19H,1-2,4,9-10H2,(H,20,21). The van der Waals surface area contributed by atoms with E-state index in [0.29, 0.717) is 10.9 Å². The van der Waals surface area contributed by atoms with Gasteiger partial charge in [-0.3, -0.25) is 0 Å². The van der Waals surface area contributed by atoms with Gasteiger partial charge in [-0.25, -0.2) is 9.78 Å². The van der Waals surface area contributed by atoms with Crippen molar-refractivity contribution in [3.05, 3.63) is 35.9 Å². The summed E-state index contributed by atoms with van der Waals surface area (Å²) in [7, 11) is 0. The van der Waals surface area contributed by atoms with Crippen molar-refractivity contribution in [2.24, 2.45) is 0 Å². The Labute approximate surface area is 122 Å². The highest BCUT2D eigenvalue weighted by Crippen LogP contribution is 2.26. The first kappa shape index (κ1) is 13.8. The van der Waals surface area contributed by atoms with E-state index in [-0.39, 0.29) is 18.2 Å². The number of anilines is 1. The van der Waals surface area contributed by atoms with Gasteiger partial charge < -0.3 is 15.1 Å². The molecule has 1 aliphatic heterocycles. The van der Waals surface area contributed by atoms with Crippen molar-refractivity contribution >= 4 is 22.7 Å². The Morgan fingerprint density at radius 3 is 2.90 bits per heavy atom. The first-order valence-electron chi connectivity index (χ1n) is 7.21. The van der Waals surface area contributed by atoms with E-state index in [1.807, 2.05) is 18.2 Å². The van der Waals surface area contributed by atoms with E-state index >= 15 is 0 Å². The highest BCUT2D eigenvalue weighted by atomic mass is 16.4. The van der Waals surface area contributed by atoms with Crippen LogP contribution in [0.5, 0.6) is 0 Å². The lowest BCUT2D eigenvalue weighted by Crippen LogP contribution is -2.42. The van der Waals surface area contributed by atoms with Gasteiger partial charge >= 0.3 is 5.97 Å². The zero-order valence-corrected chi connectivity index (χ0v) is 11.7.